The van der Waals surface area contributed by atoms with Gasteiger partial charge >= 0.3 is 5.00 Å². The molecule has 0 bridgehead atoms. The Kier molecular flexibility index (Phi) is 7.05. The summed E-state index contributed by atoms with van der Waals surface area (Å²) in [5.74, 6) is -0.719. The molecule has 206 valence electrons. The molecule has 12 nitrogen and oxygen atoms in total. The first kappa shape index (κ1) is 26.4. The number of thiazole rings is 1. The van der Waals surface area contributed by atoms with Crippen LogP contribution in [0.4, 0.5) is 15.2 Å². The van der Waals surface area contributed by atoms with E-state index in [9.17, 15) is 19.3 Å². The number of halogens is 1. The van der Waals surface area contributed by atoms with E-state index >= 15 is 0 Å². The molecular weight excluding hydrogens is 573 g/mol. The number of fused-ring (bicyclic) bond motifs is 2. The third-order valence-electron chi connectivity index (χ3n) is 5.95. The molecule has 1 amide bonds. The van der Waals surface area contributed by atoms with Gasteiger partial charge in [-0.25, -0.2) is 24.0 Å². The lowest BCUT2D eigenvalue weighted by atomic mass is 10.2. The topological polar surface area (TPSA) is 147 Å². The molecule has 0 saturated carbocycles. The minimum atomic E-state index is -0.599. The second kappa shape index (κ2) is 11.0. The summed E-state index contributed by atoms with van der Waals surface area (Å²) in [5, 5.41) is 18.4. The zero-order valence-electron chi connectivity index (χ0n) is 21.1. The Morgan fingerprint density at radius 3 is 2.80 bits per heavy atom. The molecule has 0 atom stereocenters. The number of methoxy groups -OCH3 is 1. The van der Waals surface area contributed by atoms with Gasteiger partial charge in [0.05, 0.1) is 49.4 Å². The van der Waals surface area contributed by atoms with Crippen LogP contribution in [0.15, 0.2) is 60.2 Å². The number of thiophene rings is 1. The molecule has 4 heterocycles. The van der Waals surface area contributed by atoms with Gasteiger partial charge in [-0.1, -0.05) is 11.3 Å². The number of hydrogen-bond donors (Lipinski definition) is 1. The van der Waals surface area contributed by atoms with Gasteiger partial charge in [0.1, 0.15) is 12.4 Å². The van der Waals surface area contributed by atoms with Crippen molar-refractivity contribution in [1.29, 1.82) is 0 Å². The van der Waals surface area contributed by atoms with Gasteiger partial charge in [-0.15, -0.1) is 11.3 Å². The maximum Gasteiger partial charge on any atom is 0.324 e. The van der Waals surface area contributed by atoms with Crippen molar-refractivity contribution in [1.82, 2.24) is 24.7 Å². The van der Waals surface area contributed by atoms with Crippen molar-refractivity contribution in [2.75, 3.05) is 25.6 Å². The Hall–Kier alpha value is -4.86. The van der Waals surface area contributed by atoms with Crippen LogP contribution < -0.4 is 10.1 Å². The van der Waals surface area contributed by atoms with Crippen molar-refractivity contribution < 1.29 is 23.6 Å². The molecule has 0 spiro atoms. The highest BCUT2D eigenvalue weighted by Gasteiger charge is 2.21. The minimum absolute atomic E-state index is 0.0622. The van der Waals surface area contributed by atoms with E-state index in [0.29, 0.717) is 28.9 Å². The molecular formula is C26H18FN7O5S2. The number of carbonyl (C=O) groups is 1. The normalized spacial score (nSPS) is 11.3. The van der Waals surface area contributed by atoms with Crippen molar-refractivity contribution in [3.8, 4) is 22.8 Å². The van der Waals surface area contributed by atoms with E-state index in [1.54, 1.807) is 11.6 Å². The van der Waals surface area contributed by atoms with E-state index < -0.39 is 16.6 Å². The number of nitrogens with one attached hydrogen (secondary N) is 1. The first-order chi connectivity index (χ1) is 19.9. The van der Waals surface area contributed by atoms with Crippen molar-refractivity contribution >= 4 is 60.6 Å². The lowest BCUT2D eigenvalue weighted by molar-refractivity contribution is -0.380. The van der Waals surface area contributed by atoms with Crippen LogP contribution in [0.25, 0.3) is 38.3 Å². The SMILES string of the molecule is COCCOc1ccc(-n2ncc3c(NC(=O)c4ccc([N+](=O)[O-])s4)nc(-c4ccc5scnc5c4)nc32)cc1F. The summed E-state index contributed by atoms with van der Waals surface area (Å²) in [4.78, 5) is 37.4. The fraction of sp³-hybridized carbons (Fsp3) is 0.115. The van der Waals surface area contributed by atoms with E-state index in [1.807, 2.05) is 18.2 Å². The second-order valence-corrected chi connectivity index (χ2v) is 10.5. The summed E-state index contributed by atoms with van der Waals surface area (Å²) < 4.78 is 27.6. The van der Waals surface area contributed by atoms with Crippen LogP contribution in [0.5, 0.6) is 5.75 Å². The minimum Gasteiger partial charge on any atom is -0.488 e. The Balaban J connectivity index is 1.44. The first-order valence-electron chi connectivity index (χ1n) is 12.0. The average Bonchev–Trinajstić information content (AvgIpc) is 3.73. The van der Waals surface area contributed by atoms with Crippen LogP contribution in [-0.4, -0.2) is 55.9 Å². The highest BCUT2D eigenvalue weighted by Crippen LogP contribution is 2.31. The number of benzene rings is 2. The van der Waals surface area contributed by atoms with E-state index in [0.717, 1.165) is 21.6 Å². The fourth-order valence-electron chi connectivity index (χ4n) is 4.01. The summed E-state index contributed by atoms with van der Waals surface area (Å²) in [7, 11) is 1.53. The number of ether oxygens (including phenoxy) is 2. The van der Waals surface area contributed by atoms with Crippen LogP contribution in [0.3, 0.4) is 0 Å². The van der Waals surface area contributed by atoms with Crippen molar-refractivity contribution in [2.45, 2.75) is 0 Å². The molecule has 6 aromatic rings. The smallest absolute Gasteiger partial charge is 0.324 e. The Morgan fingerprint density at radius 1 is 1.15 bits per heavy atom. The summed E-state index contributed by atoms with van der Waals surface area (Å²) in [6.07, 6.45) is 1.45. The number of hydrogen-bond acceptors (Lipinski definition) is 11. The monoisotopic (exact) mass is 591 g/mol. The summed E-state index contributed by atoms with van der Waals surface area (Å²) in [6, 6.07) is 12.6. The van der Waals surface area contributed by atoms with Crippen LogP contribution in [0, 0.1) is 15.9 Å². The molecule has 0 aliphatic heterocycles. The Morgan fingerprint density at radius 2 is 2.02 bits per heavy atom. The third-order valence-corrected chi connectivity index (χ3v) is 7.80. The fourth-order valence-corrected chi connectivity index (χ4v) is 5.38. The largest absolute Gasteiger partial charge is 0.488 e. The maximum absolute atomic E-state index is 14.9. The third kappa shape index (κ3) is 5.20. The van der Waals surface area contributed by atoms with Crippen molar-refractivity contribution in [2.24, 2.45) is 0 Å². The van der Waals surface area contributed by atoms with Crippen LogP contribution in [0.2, 0.25) is 0 Å². The molecule has 0 aliphatic rings. The predicted molar refractivity (Wildman–Crippen MR) is 152 cm³/mol. The number of nitro groups is 1. The van der Waals surface area contributed by atoms with E-state index in [2.05, 4.69) is 20.4 Å². The van der Waals surface area contributed by atoms with Gasteiger partial charge in [0.25, 0.3) is 5.91 Å². The van der Waals surface area contributed by atoms with Gasteiger partial charge in [-0.3, -0.25) is 14.9 Å². The number of anilines is 1. The number of nitrogens with zero attached hydrogens (tertiary/aromatic N) is 6. The zero-order chi connectivity index (χ0) is 28.5. The first-order valence-corrected chi connectivity index (χ1v) is 13.7. The molecule has 4 aromatic heterocycles. The Labute approximate surface area is 238 Å². The number of rotatable bonds is 9. The molecule has 0 fully saturated rings. The molecule has 0 unspecified atom stereocenters. The summed E-state index contributed by atoms with van der Waals surface area (Å²) in [6.45, 7) is 0.499. The Bertz CT molecular complexity index is 1940. The van der Waals surface area contributed by atoms with Gasteiger partial charge in [0.2, 0.25) is 0 Å². The molecule has 41 heavy (non-hydrogen) atoms. The number of amides is 1. The molecule has 0 aliphatic carbocycles. The highest BCUT2D eigenvalue weighted by molar-refractivity contribution is 7.17. The summed E-state index contributed by atoms with van der Waals surface area (Å²) in [5.41, 5.74) is 3.78. The van der Waals surface area contributed by atoms with Crippen molar-refractivity contribution in [3.05, 3.63) is 81.0 Å². The highest BCUT2D eigenvalue weighted by atomic mass is 32.1. The lowest BCUT2D eigenvalue weighted by Crippen LogP contribution is -2.13. The van der Waals surface area contributed by atoms with E-state index in [1.165, 1.54) is 53.6 Å². The van der Waals surface area contributed by atoms with Crippen LogP contribution in [-0.2, 0) is 4.74 Å². The quantitative estimate of drug-likeness (QED) is 0.131. The van der Waals surface area contributed by atoms with Gasteiger partial charge in [0, 0.05) is 24.8 Å². The summed E-state index contributed by atoms with van der Waals surface area (Å²) >= 11 is 2.24. The molecule has 1 N–H and O–H groups in total. The lowest BCUT2D eigenvalue weighted by Gasteiger charge is -2.10. The van der Waals surface area contributed by atoms with Gasteiger partial charge in [-0.05, 0) is 36.4 Å². The van der Waals surface area contributed by atoms with Crippen molar-refractivity contribution in [3.63, 3.8) is 0 Å². The second-order valence-electron chi connectivity index (χ2n) is 8.53. The number of aromatic nitrogens is 5. The van der Waals surface area contributed by atoms with Crippen LogP contribution in [0.1, 0.15) is 9.67 Å². The van der Waals surface area contributed by atoms with Gasteiger partial charge < -0.3 is 14.8 Å². The standard InChI is InChI=1S/C26H18FN7O5S2/c1-38-8-9-39-19-4-3-15(11-17(19)27)33-25-16(12-29-33)24(32-26(35)21-6-7-22(41-21)34(36)37)30-23(31-25)14-2-5-20-18(10-14)28-13-40-20/h2-7,10-13H,8-9H2,1H3,(H,30,31,32,35). The predicted octanol–water partition coefficient (Wildman–Crippen LogP) is 5.48. The van der Waals surface area contributed by atoms with Crippen LogP contribution >= 0.6 is 22.7 Å². The molecule has 6 rings (SSSR count). The maximum atomic E-state index is 14.9. The zero-order valence-corrected chi connectivity index (χ0v) is 22.7. The van der Waals surface area contributed by atoms with E-state index in [-0.39, 0.29) is 33.9 Å². The molecule has 0 saturated heterocycles. The molecule has 2 aromatic carbocycles. The number of carbonyl (C=O) groups excluding carboxylic acids is 1. The van der Waals surface area contributed by atoms with E-state index in [4.69, 9.17) is 14.5 Å². The van der Waals surface area contributed by atoms with Gasteiger partial charge in [0.15, 0.2) is 23.0 Å². The average molecular weight is 592 g/mol. The van der Waals surface area contributed by atoms with Gasteiger partial charge in [-0.2, -0.15) is 5.10 Å². The molecule has 0 radical (unpaired) electrons. The molecule has 15 heteroatoms.